The maximum absolute atomic E-state index is 11.5. The minimum absolute atomic E-state index is 0.410. The number of ether oxygens (including phenoxy) is 3. The SMILES string of the molecule is CCc1ccc(OCCCC(C)(N)C(=O)OC)c(OC)c1. The first kappa shape index (κ1) is 17.3. The minimum Gasteiger partial charge on any atom is -0.493 e. The molecular weight excluding hydrogens is 270 g/mol. The van der Waals surface area contributed by atoms with E-state index in [-0.39, 0.29) is 0 Å². The first-order valence-electron chi connectivity index (χ1n) is 7.11. The van der Waals surface area contributed by atoms with E-state index in [1.165, 1.54) is 12.7 Å². The highest BCUT2D eigenvalue weighted by Gasteiger charge is 2.28. The smallest absolute Gasteiger partial charge is 0.325 e. The fourth-order valence-electron chi connectivity index (χ4n) is 2.01. The molecule has 1 unspecified atom stereocenters. The molecule has 0 aliphatic heterocycles. The Morgan fingerprint density at radius 3 is 2.57 bits per heavy atom. The summed E-state index contributed by atoms with van der Waals surface area (Å²) in [6, 6.07) is 5.88. The predicted molar refractivity (Wildman–Crippen MR) is 81.7 cm³/mol. The number of rotatable bonds is 8. The third-order valence-electron chi connectivity index (χ3n) is 3.39. The Labute approximate surface area is 126 Å². The van der Waals surface area contributed by atoms with E-state index in [1.807, 2.05) is 18.2 Å². The lowest BCUT2D eigenvalue weighted by Crippen LogP contribution is -2.45. The Balaban J connectivity index is 2.51. The average molecular weight is 295 g/mol. The molecule has 1 aromatic carbocycles. The highest BCUT2D eigenvalue weighted by atomic mass is 16.5. The van der Waals surface area contributed by atoms with Gasteiger partial charge < -0.3 is 19.9 Å². The minimum atomic E-state index is -0.978. The number of hydrogen-bond acceptors (Lipinski definition) is 5. The molecule has 21 heavy (non-hydrogen) atoms. The zero-order valence-electron chi connectivity index (χ0n) is 13.3. The highest BCUT2D eigenvalue weighted by molar-refractivity contribution is 5.79. The maximum atomic E-state index is 11.5. The average Bonchev–Trinajstić information content (AvgIpc) is 2.50. The number of methoxy groups -OCH3 is 2. The van der Waals surface area contributed by atoms with Crippen molar-refractivity contribution in [2.24, 2.45) is 5.73 Å². The Bertz CT molecular complexity index is 471. The van der Waals surface area contributed by atoms with Crippen molar-refractivity contribution in [3.05, 3.63) is 23.8 Å². The molecule has 118 valence electrons. The normalized spacial score (nSPS) is 13.4. The van der Waals surface area contributed by atoms with Gasteiger partial charge in [0.1, 0.15) is 5.54 Å². The van der Waals surface area contributed by atoms with E-state index in [2.05, 4.69) is 11.7 Å². The van der Waals surface area contributed by atoms with Crippen LogP contribution >= 0.6 is 0 Å². The van der Waals surface area contributed by atoms with Crippen molar-refractivity contribution >= 4 is 5.97 Å². The molecule has 1 atom stereocenters. The van der Waals surface area contributed by atoms with E-state index in [9.17, 15) is 4.79 Å². The lowest BCUT2D eigenvalue weighted by Gasteiger charge is -2.21. The van der Waals surface area contributed by atoms with Gasteiger partial charge in [-0.05, 0) is 43.9 Å². The second kappa shape index (κ2) is 7.88. The van der Waals surface area contributed by atoms with Crippen LogP contribution in [0.3, 0.4) is 0 Å². The van der Waals surface area contributed by atoms with Gasteiger partial charge >= 0.3 is 5.97 Å². The zero-order chi connectivity index (χ0) is 15.9. The van der Waals surface area contributed by atoms with Crippen molar-refractivity contribution in [1.82, 2.24) is 0 Å². The summed E-state index contributed by atoms with van der Waals surface area (Å²) in [5.74, 6) is 1.01. The van der Waals surface area contributed by atoms with Crippen LogP contribution in [-0.2, 0) is 16.0 Å². The summed E-state index contributed by atoms with van der Waals surface area (Å²) in [4.78, 5) is 11.5. The molecule has 0 aliphatic carbocycles. The van der Waals surface area contributed by atoms with Crippen molar-refractivity contribution in [3.8, 4) is 11.5 Å². The van der Waals surface area contributed by atoms with Crippen LogP contribution in [0.5, 0.6) is 11.5 Å². The summed E-state index contributed by atoms with van der Waals surface area (Å²) in [6.45, 7) is 4.21. The van der Waals surface area contributed by atoms with Gasteiger partial charge in [0.25, 0.3) is 0 Å². The fraction of sp³-hybridized carbons (Fsp3) is 0.562. The van der Waals surface area contributed by atoms with Gasteiger partial charge in [-0.2, -0.15) is 0 Å². The van der Waals surface area contributed by atoms with Crippen LogP contribution in [0.4, 0.5) is 0 Å². The molecule has 0 saturated carbocycles. The summed E-state index contributed by atoms with van der Waals surface area (Å²) in [5, 5.41) is 0. The van der Waals surface area contributed by atoms with E-state index in [4.69, 9.17) is 15.2 Å². The first-order chi connectivity index (χ1) is 9.94. The number of hydrogen-bond donors (Lipinski definition) is 1. The Kier molecular flexibility index (Phi) is 6.49. The van der Waals surface area contributed by atoms with Gasteiger partial charge in [-0.1, -0.05) is 13.0 Å². The molecule has 0 spiro atoms. The summed E-state index contributed by atoms with van der Waals surface area (Å²) < 4.78 is 15.7. The van der Waals surface area contributed by atoms with Gasteiger partial charge in [-0.3, -0.25) is 4.79 Å². The van der Waals surface area contributed by atoms with E-state index < -0.39 is 11.5 Å². The second-order valence-corrected chi connectivity index (χ2v) is 5.20. The molecule has 0 aromatic heterocycles. The molecule has 0 radical (unpaired) electrons. The number of aryl methyl sites for hydroxylation is 1. The molecule has 0 heterocycles. The topological polar surface area (TPSA) is 70.8 Å². The predicted octanol–water partition coefficient (Wildman–Crippen LogP) is 2.31. The lowest BCUT2D eigenvalue weighted by molar-refractivity contribution is -0.146. The molecule has 5 nitrogen and oxygen atoms in total. The number of benzene rings is 1. The molecule has 0 saturated heterocycles. The van der Waals surface area contributed by atoms with Gasteiger partial charge in [0.05, 0.1) is 20.8 Å². The van der Waals surface area contributed by atoms with Crippen LogP contribution in [0.2, 0.25) is 0 Å². The van der Waals surface area contributed by atoms with Gasteiger partial charge in [-0.15, -0.1) is 0 Å². The number of carbonyl (C=O) groups excluding carboxylic acids is 1. The number of esters is 1. The van der Waals surface area contributed by atoms with Crippen molar-refractivity contribution < 1.29 is 19.0 Å². The van der Waals surface area contributed by atoms with Gasteiger partial charge in [0, 0.05) is 0 Å². The summed E-state index contributed by atoms with van der Waals surface area (Å²) in [5.41, 5.74) is 6.11. The Morgan fingerprint density at radius 2 is 2.00 bits per heavy atom. The van der Waals surface area contributed by atoms with Crippen molar-refractivity contribution in [2.75, 3.05) is 20.8 Å². The van der Waals surface area contributed by atoms with Crippen LogP contribution < -0.4 is 15.2 Å². The van der Waals surface area contributed by atoms with Crippen LogP contribution in [0.1, 0.15) is 32.3 Å². The third-order valence-corrected chi connectivity index (χ3v) is 3.39. The van der Waals surface area contributed by atoms with Gasteiger partial charge in [0.2, 0.25) is 0 Å². The molecule has 5 heteroatoms. The molecule has 1 rings (SSSR count). The standard InChI is InChI=1S/C16H25NO4/c1-5-12-7-8-13(14(11-12)19-3)21-10-6-9-16(2,17)15(18)20-4/h7-8,11H,5-6,9-10,17H2,1-4H3. The molecule has 0 aliphatic rings. The van der Waals surface area contributed by atoms with Crippen LogP contribution in [0.25, 0.3) is 0 Å². The molecule has 0 bridgehead atoms. The van der Waals surface area contributed by atoms with E-state index in [0.29, 0.717) is 25.2 Å². The summed E-state index contributed by atoms with van der Waals surface area (Å²) >= 11 is 0. The monoisotopic (exact) mass is 295 g/mol. The van der Waals surface area contributed by atoms with Crippen molar-refractivity contribution in [2.45, 2.75) is 38.6 Å². The Morgan fingerprint density at radius 1 is 1.29 bits per heavy atom. The third kappa shape index (κ3) is 4.93. The molecule has 2 N–H and O–H groups in total. The first-order valence-corrected chi connectivity index (χ1v) is 7.11. The number of carbonyl (C=O) groups is 1. The Hall–Kier alpha value is -1.75. The summed E-state index contributed by atoms with van der Waals surface area (Å²) in [6.07, 6.45) is 2.09. The largest absolute Gasteiger partial charge is 0.493 e. The number of nitrogens with two attached hydrogens (primary N) is 1. The van der Waals surface area contributed by atoms with Crippen molar-refractivity contribution in [1.29, 1.82) is 0 Å². The van der Waals surface area contributed by atoms with Crippen LogP contribution in [0, 0.1) is 0 Å². The fourth-order valence-corrected chi connectivity index (χ4v) is 2.01. The second-order valence-electron chi connectivity index (χ2n) is 5.20. The van der Waals surface area contributed by atoms with Gasteiger partial charge in [0.15, 0.2) is 11.5 Å². The van der Waals surface area contributed by atoms with Gasteiger partial charge in [-0.25, -0.2) is 0 Å². The van der Waals surface area contributed by atoms with E-state index in [1.54, 1.807) is 14.0 Å². The van der Waals surface area contributed by atoms with Crippen LogP contribution in [-0.4, -0.2) is 32.3 Å². The maximum Gasteiger partial charge on any atom is 0.325 e. The quantitative estimate of drug-likeness (QED) is 0.588. The summed E-state index contributed by atoms with van der Waals surface area (Å²) in [7, 11) is 2.96. The van der Waals surface area contributed by atoms with Crippen LogP contribution in [0.15, 0.2) is 18.2 Å². The molecule has 0 fully saturated rings. The molecular formula is C16H25NO4. The molecule has 0 amide bonds. The van der Waals surface area contributed by atoms with E-state index in [0.717, 1.165) is 12.2 Å². The lowest BCUT2D eigenvalue weighted by atomic mass is 9.98. The molecule has 1 aromatic rings. The zero-order valence-corrected chi connectivity index (χ0v) is 13.3. The van der Waals surface area contributed by atoms with E-state index >= 15 is 0 Å². The highest BCUT2D eigenvalue weighted by Crippen LogP contribution is 2.28. The van der Waals surface area contributed by atoms with Crippen molar-refractivity contribution in [3.63, 3.8) is 0 Å².